The summed E-state index contributed by atoms with van der Waals surface area (Å²) in [7, 11) is 20.4. The zero-order valence-corrected chi connectivity index (χ0v) is 64.0. The van der Waals surface area contributed by atoms with Crippen LogP contribution in [0.15, 0.2) is 128 Å². The van der Waals surface area contributed by atoms with Gasteiger partial charge in [-0.1, -0.05) is 14.9 Å². The van der Waals surface area contributed by atoms with Gasteiger partial charge < -0.3 is 30.2 Å². The van der Waals surface area contributed by atoms with Crippen molar-refractivity contribution in [3.8, 4) is 34.0 Å². The van der Waals surface area contributed by atoms with Gasteiger partial charge in [0.05, 0.1) is 17.8 Å². The summed E-state index contributed by atoms with van der Waals surface area (Å²) in [6.07, 6.45) is 7.82. The molecule has 3 N–H and O–H groups in total. The lowest BCUT2D eigenvalue weighted by molar-refractivity contribution is -0.133. The summed E-state index contributed by atoms with van der Waals surface area (Å²) in [6.45, 7) is 19.4. The van der Waals surface area contributed by atoms with Crippen molar-refractivity contribution < 1.29 is 23.6 Å². The summed E-state index contributed by atoms with van der Waals surface area (Å²) in [5.41, 5.74) is 5.63. The van der Waals surface area contributed by atoms with E-state index in [-0.39, 0.29) is 63.5 Å². The summed E-state index contributed by atoms with van der Waals surface area (Å²) in [4.78, 5) is 79.9. The number of piperazine rings is 2. The second kappa shape index (κ2) is 39.0. The van der Waals surface area contributed by atoms with E-state index in [1.54, 1.807) is 67.3 Å². The highest BCUT2D eigenvalue weighted by Crippen LogP contribution is 2.86. The number of fused-ring (bicyclic) bond motifs is 1. The average Bonchev–Trinajstić information content (AvgIpc) is 2.01. The van der Waals surface area contributed by atoms with Gasteiger partial charge >= 0.3 is 0 Å². The number of carbonyl (C=O) groups excluding carboxylic acids is 4. The van der Waals surface area contributed by atoms with Gasteiger partial charge in [-0.15, -0.1) is 74.1 Å². The number of hydrogen-bond donors (Lipinski definition) is 3. The van der Waals surface area contributed by atoms with Crippen LogP contribution in [0.1, 0.15) is 41.0 Å². The second-order valence-corrected chi connectivity index (χ2v) is 55.5. The molecule has 90 heavy (non-hydrogen) atoms. The smallest absolute Gasteiger partial charge is 0.251 e. The first-order valence-electron chi connectivity index (χ1n) is 29.2. The molecule has 9 atom stereocenters. The van der Waals surface area contributed by atoms with Crippen LogP contribution < -0.4 is 20.4 Å². The van der Waals surface area contributed by atoms with Crippen molar-refractivity contribution >= 4 is 155 Å². The molecule has 18 nitrogen and oxygen atoms in total. The molecule has 0 saturated carbocycles. The number of amides is 4. The molecule has 0 aliphatic carbocycles. The Balaban J connectivity index is 0.000000250. The van der Waals surface area contributed by atoms with Crippen LogP contribution in [0.5, 0.6) is 0 Å². The maximum Gasteiger partial charge on any atom is 0.251 e. The Kier molecular flexibility index (Phi) is 32.9. The van der Waals surface area contributed by atoms with Crippen molar-refractivity contribution in [1.82, 2.24) is 55.0 Å². The number of nitrogens with zero attached hydrogens (tertiary/aromatic N) is 11. The Bertz CT molecular complexity index is 3290. The third kappa shape index (κ3) is 23.4. The predicted octanol–water partition coefficient (Wildman–Crippen LogP) is 12.9. The van der Waals surface area contributed by atoms with Gasteiger partial charge in [-0.05, 0) is 165 Å². The van der Waals surface area contributed by atoms with Gasteiger partial charge in [-0.3, -0.25) is 34.1 Å². The Hall–Kier alpha value is -3.14. The summed E-state index contributed by atoms with van der Waals surface area (Å²) in [5, 5.41) is 13.8. The van der Waals surface area contributed by atoms with Crippen molar-refractivity contribution in [2.75, 3.05) is 99.5 Å². The van der Waals surface area contributed by atoms with Gasteiger partial charge in [0.1, 0.15) is 17.2 Å². The molecule has 3 fully saturated rings. The van der Waals surface area contributed by atoms with E-state index < -0.39 is 5.54 Å². The van der Waals surface area contributed by atoms with Crippen LogP contribution >= 0.6 is 103 Å². The quantitative estimate of drug-likeness (QED) is 0.0444. The maximum absolute atomic E-state index is 13.7. The van der Waals surface area contributed by atoms with E-state index in [0.29, 0.717) is 74.8 Å². The van der Waals surface area contributed by atoms with Crippen LogP contribution in [0.25, 0.3) is 44.9 Å². The van der Waals surface area contributed by atoms with Crippen LogP contribution in [0.4, 0.5) is 21.5 Å². The molecule has 4 aromatic carbocycles. The molecule has 4 amide bonds. The lowest BCUT2D eigenvalue weighted by atomic mass is 9.97. The molecular formula is C59H85ClFN14O4P11. The molecule has 0 radical (unpaired) electrons. The van der Waals surface area contributed by atoms with Crippen LogP contribution in [-0.4, -0.2) is 176 Å². The number of carbonyl (C=O) groups is 4. The Morgan fingerprint density at radius 3 is 1.58 bits per heavy atom. The monoisotopic (exact) mass is 1450 g/mol. The largest absolute Gasteiger partial charge is 0.368 e. The van der Waals surface area contributed by atoms with Gasteiger partial charge in [0.25, 0.3) is 5.91 Å². The molecular weight excluding hydrogens is 1360 g/mol. The third-order valence-corrected chi connectivity index (χ3v) is 48.5. The van der Waals surface area contributed by atoms with Crippen LogP contribution in [-0.2, 0) is 19.2 Å². The summed E-state index contributed by atoms with van der Waals surface area (Å²) in [6, 6.07) is 32.7. The molecule has 31 heteroatoms. The number of rotatable bonds is 17. The van der Waals surface area contributed by atoms with E-state index >= 15 is 0 Å². The van der Waals surface area contributed by atoms with Gasteiger partial charge in [0, 0.05) is 141 Å². The fourth-order valence-electron chi connectivity index (χ4n) is 10.3. The molecule has 3 aliphatic rings. The Labute approximate surface area is 556 Å². The van der Waals surface area contributed by atoms with Crippen molar-refractivity contribution in [2.45, 2.75) is 58.7 Å². The highest BCUT2D eigenvalue weighted by atomic mass is 35.5. The number of benzene rings is 4. The molecule has 3 saturated heterocycles. The van der Waals surface area contributed by atoms with E-state index in [2.05, 4.69) is 177 Å². The minimum absolute atomic E-state index is 0.00716. The maximum atomic E-state index is 13.7. The zero-order chi connectivity index (χ0) is 65.3. The number of likely N-dealkylation sites (tertiary alicyclic amines) is 1. The topological polar surface area (TPSA) is 192 Å². The molecule has 10 rings (SSSR count). The van der Waals surface area contributed by atoms with E-state index in [1.165, 1.54) is 12.1 Å². The zero-order valence-electron chi connectivity index (χ0n) is 51.4. The highest BCUT2D eigenvalue weighted by molar-refractivity contribution is 8.92. The van der Waals surface area contributed by atoms with Crippen molar-refractivity contribution in [1.29, 1.82) is 0 Å². The normalized spacial score (nSPS) is 16.0. The fourth-order valence-corrected chi connectivity index (χ4v) is 10.5. The predicted molar refractivity (Wildman–Crippen MR) is 406 cm³/mol. The van der Waals surface area contributed by atoms with E-state index in [1.807, 2.05) is 39.0 Å². The molecule has 3 aromatic heterocycles. The standard InChI is InChI=1S/C35H34FN9O3.C16H17ClN4O.C8H19N.H8P6.H7P5/c36-26-6-2-24(3-7-26)32-29-20-27(8-11-30(29)41-42-32)40-34(48)35(39-23-46)12-15-43(22-35)21-31(47)45-18-16-44(17-19-45)28-9-4-25(5-10-28)33-37-13-1-14-38-33;17-12-15(22)21-10-8-20(9-11-21)14-4-2-13(3-5-14)16-18-6-1-7-19-16;1-6-9(7(2)3)8(4)5;1-5(2)6(3)4;1-4-5(2)3/h1-11,13-14,20,23H,12,15-19,21-22H2,(H,39,46)(H,40,48)(H,41,42);1-7H,8-12H2;7-8H,6H2,1-5H3;1-4H2;4H,1-3H2. The van der Waals surface area contributed by atoms with Crippen molar-refractivity contribution in [2.24, 2.45) is 0 Å². The summed E-state index contributed by atoms with van der Waals surface area (Å²) < 4.78 is 13.5. The average molecular weight is 1450 g/mol. The summed E-state index contributed by atoms with van der Waals surface area (Å²) >= 11 is 5.60. The summed E-state index contributed by atoms with van der Waals surface area (Å²) in [5.74, 6) is 0.767. The van der Waals surface area contributed by atoms with Crippen LogP contribution in [0.2, 0.25) is 0 Å². The lowest BCUT2D eigenvalue weighted by Gasteiger charge is -2.37. The number of halogens is 2. The van der Waals surface area contributed by atoms with E-state index in [4.69, 9.17) is 11.6 Å². The molecule has 3 aliphatic heterocycles. The van der Waals surface area contributed by atoms with Crippen LogP contribution in [0.3, 0.4) is 0 Å². The van der Waals surface area contributed by atoms with Gasteiger partial charge in [0.15, 0.2) is 11.6 Å². The molecule has 484 valence electrons. The number of nitrogens with one attached hydrogen (secondary N) is 3. The van der Waals surface area contributed by atoms with Gasteiger partial charge in [0.2, 0.25) is 18.2 Å². The van der Waals surface area contributed by atoms with Gasteiger partial charge in [-0.25, -0.2) is 24.3 Å². The highest BCUT2D eigenvalue weighted by Gasteiger charge is 2.45. The van der Waals surface area contributed by atoms with Crippen molar-refractivity contribution in [3.63, 3.8) is 0 Å². The fraction of sp³-hybridized carbons (Fsp3) is 0.373. The molecule has 7 aromatic rings. The number of alkyl halides is 1. The minimum atomic E-state index is -1.19. The Morgan fingerprint density at radius 1 is 0.700 bits per heavy atom. The third-order valence-electron chi connectivity index (χ3n) is 15.0. The number of aromatic nitrogens is 6. The van der Waals surface area contributed by atoms with Gasteiger partial charge in [-0.2, -0.15) is 5.10 Å². The first-order valence-corrected chi connectivity index (χ1v) is 47.8. The van der Waals surface area contributed by atoms with E-state index in [0.717, 1.165) is 85.5 Å². The van der Waals surface area contributed by atoms with Crippen molar-refractivity contribution in [3.05, 3.63) is 134 Å². The first kappa shape index (κ1) is 75.9. The Morgan fingerprint density at radius 2 is 1.17 bits per heavy atom. The number of anilines is 3. The molecule has 9 unspecified atom stereocenters. The number of aromatic amines is 1. The second-order valence-electron chi connectivity index (χ2n) is 21.5. The molecule has 6 heterocycles. The number of H-pyrrole nitrogens is 1. The number of hydrogen-bond acceptors (Lipinski definition) is 13. The van der Waals surface area contributed by atoms with Crippen LogP contribution in [0, 0.1) is 5.82 Å². The molecule has 0 spiro atoms. The minimum Gasteiger partial charge on any atom is -0.368 e. The molecule has 0 bridgehead atoms. The lowest BCUT2D eigenvalue weighted by Crippen LogP contribution is -2.56. The SMILES string of the molecule is CCN(C(C)C)C(C)C.O=C(CCl)N1CCN(c2ccc(-c3ncccn3)cc2)CC1.O=CNC1(C(=O)Nc2ccc3[nH]nc(-c4ccc(F)cc4)c3c2)CCN(CC(=O)N2CCN(c3ccc(-c4ncccn4)cc3)CC2)C1.PP(P)P(P)P.PPP(P)P. The first-order chi connectivity index (χ1) is 43.2. The van der Waals surface area contributed by atoms with E-state index in [9.17, 15) is 23.6 Å².